The van der Waals surface area contributed by atoms with E-state index in [0.29, 0.717) is 5.92 Å². The van der Waals surface area contributed by atoms with Crippen molar-refractivity contribution in [1.82, 2.24) is 10.5 Å². The van der Waals surface area contributed by atoms with Crippen molar-refractivity contribution in [3.8, 4) is 0 Å². The molecule has 0 aromatic carbocycles. The van der Waals surface area contributed by atoms with Gasteiger partial charge in [0.25, 0.3) is 0 Å². The summed E-state index contributed by atoms with van der Waals surface area (Å²) < 4.78 is 10.3. The van der Waals surface area contributed by atoms with Gasteiger partial charge in [-0.2, -0.15) is 0 Å². The van der Waals surface area contributed by atoms with E-state index < -0.39 is 0 Å². The number of hydrogen-bond acceptors (Lipinski definition) is 4. The Kier molecular flexibility index (Phi) is 4.66. The van der Waals surface area contributed by atoms with Crippen LogP contribution in [-0.4, -0.2) is 30.8 Å². The maximum Gasteiger partial charge on any atom is 0.246 e. The van der Waals surface area contributed by atoms with Gasteiger partial charge in [-0.05, 0) is 24.2 Å². The molecule has 22 heavy (non-hydrogen) atoms. The zero-order valence-corrected chi connectivity index (χ0v) is 14.5. The fraction of sp³-hybridized carbons (Fsp3) is 0.765. The number of nitrogens with one attached hydrogen (secondary N) is 1. The normalized spacial score (nSPS) is 23.9. The SMILES string of the molecule is COCC(=O)N[C@H]1C[C@@H](Cc2cc(C(C)(C)C)on2)C1(C)C. The molecule has 0 unspecified atom stereocenters. The van der Waals surface area contributed by atoms with Crippen LogP contribution in [0, 0.1) is 11.3 Å². The topological polar surface area (TPSA) is 64.4 Å². The molecule has 0 saturated heterocycles. The van der Waals surface area contributed by atoms with Crippen molar-refractivity contribution in [3.63, 3.8) is 0 Å². The van der Waals surface area contributed by atoms with Gasteiger partial charge in [0, 0.05) is 24.6 Å². The average Bonchev–Trinajstić information content (AvgIpc) is 2.86. The monoisotopic (exact) mass is 308 g/mol. The second-order valence-corrected chi connectivity index (χ2v) is 7.94. The standard InChI is InChI=1S/C17H28N2O3/c1-16(2,3)14-9-12(19-22-14)7-11-8-13(17(11,4)5)18-15(20)10-21-6/h9,11,13H,7-8,10H2,1-6H3,(H,18,20)/t11-,13+/m1/s1. The third kappa shape index (κ3) is 3.51. The number of amides is 1. The third-order valence-electron chi connectivity index (χ3n) is 4.83. The lowest BCUT2D eigenvalue weighted by atomic mass is 9.57. The number of nitrogens with zero attached hydrogens (tertiary/aromatic N) is 1. The zero-order chi connectivity index (χ0) is 16.5. The summed E-state index contributed by atoms with van der Waals surface area (Å²) in [6.45, 7) is 10.9. The predicted octanol–water partition coefficient (Wildman–Crippen LogP) is 2.69. The van der Waals surface area contributed by atoms with Crippen molar-refractivity contribution in [3.05, 3.63) is 17.5 Å². The molecular formula is C17H28N2O3. The van der Waals surface area contributed by atoms with Gasteiger partial charge in [0.05, 0.1) is 5.69 Å². The Morgan fingerprint density at radius 3 is 2.68 bits per heavy atom. The van der Waals surface area contributed by atoms with Gasteiger partial charge in [-0.1, -0.05) is 39.8 Å². The van der Waals surface area contributed by atoms with Gasteiger partial charge in [-0.25, -0.2) is 0 Å². The lowest BCUT2D eigenvalue weighted by Crippen LogP contribution is -2.59. The molecule has 1 heterocycles. The second kappa shape index (κ2) is 6.03. The van der Waals surface area contributed by atoms with E-state index >= 15 is 0 Å². The van der Waals surface area contributed by atoms with E-state index in [9.17, 15) is 4.79 Å². The van der Waals surface area contributed by atoms with Crippen molar-refractivity contribution in [2.75, 3.05) is 13.7 Å². The van der Waals surface area contributed by atoms with Crippen LogP contribution in [0.3, 0.4) is 0 Å². The van der Waals surface area contributed by atoms with Crippen LogP contribution in [0.15, 0.2) is 10.6 Å². The molecule has 1 aromatic rings. The Morgan fingerprint density at radius 2 is 2.18 bits per heavy atom. The van der Waals surface area contributed by atoms with E-state index in [-0.39, 0.29) is 29.4 Å². The molecule has 0 radical (unpaired) electrons. The highest BCUT2D eigenvalue weighted by Gasteiger charge is 2.48. The number of carbonyl (C=O) groups is 1. The molecule has 1 aliphatic carbocycles. The number of ether oxygens (including phenoxy) is 1. The predicted molar refractivity (Wildman–Crippen MR) is 84.6 cm³/mol. The fourth-order valence-electron chi connectivity index (χ4n) is 2.99. The maximum atomic E-state index is 11.6. The summed E-state index contributed by atoms with van der Waals surface area (Å²) in [5, 5.41) is 7.25. The van der Waals surface area contributed by atoms with Crippen LogP contribution in [0.4, 0.5) is 0 Å². The average molecular weight is 308 g/mol. The van der Waals surface area contributed by atoms with Gasteiger partial charge < -0.3 is 14.6 Å². The summed E-state index contributed by atoms with van der Waals surface area (Å²) in [5.41, 5.74) is 1.05. The molecule has 2 atom stereocenters. The molecule has 124 valence electrons. The summed E-state index contributed by atoms with van der Waals surface area (Å²) in [5.74, 6) is 1.37. The molecule has 2 rings (SSSR count). The van der Waals surface area contributed by atoms with E-state index in [1.54, 1.807) is 0 Å². The lowest BCUT2D eigenvalue weighted by molar-refractivity contribution is -0.129. The molecule has 0 bridgehead atoms. The molecule has 1 saturated carbocycles. The highest BCUT2D eigenvalue weighted by molar-refractivity contribution is 5.77. The molecule has 5 heteroatoms. The third-order valence-corrected chi connectivity index (χ3v) is 4.83. The van der Waals surface area contributed by atoms with Crippen LogP contribution in [-0.2, 0) is 21.4 Å². The summed E-state index contributed by atoms with van der Waals surface area (Å²) in [7, 11) is 1.53. The van der Waals surface area contributed by atoms with E-state index in [1.807, 2.05) is 0 Å². The van der Waals surface area contributed by atoms with Gasteiger partial charge in [0.2, 0.25) is 5.91 Å². The Hall–Kier alpha value is -1.36. The van der Waals surface area contributed by atoms with Crippen molar-refractivity contribution in [1.29, 1.82) is 0 Å². The molecule has 0 spiro atoms. The first-order valence-corrected chi connectivity index (χ1v) is 7.89. The molecule has 5 nitrogen and oxygen atoms in total. The largest absolute Gasteiger partial charge is 0.375 e. The van der Waals surface area contributed by atoms with E-state index in [4.69, 9.17) is 9.26 Å². The zero-order valence-electron chi connectivity index (χ0n) is 14.5. The van der Waals surface area contributed by atoms with Crippen LogP contribution < -0.4 is 5.32 Å². The van der Waals surface area contributed by atoms with Crippen LogP contribution in [0.1, 0.15) is 52.5 Å². The Labute approximate surface area is 132 Å². The Bertz CT molecular complexity index is 528. The highest BCUT2D eigenvalue weighted by atomic mass is 16.5. The molecule has 1 amide bonds. The van der Waals surface area contributed by atoms with Crippen LogP contribution >= 0.6 is 0 Å². The smallest absolute Gasteiger partial charge is 0.246 e. The second-order valence-electron chi connectivity index (χ2n) is 7.94. The van der Waals surface area contributed by atoms with Crippen LogP contribution in [0.2, 0.25) is 0 Å². The molecule has 1 aromatic heterocycles. The van der Waals surface area contributed by atoms with Gasteiger partial charge in [-0.15, -0.1) is 0 Å². The van der Waals surface area contributed by atoms with Crippen LogP contribution in [0.5, 0.6) is 0 Å². The van der Waals surface area contributed by atoms with Crippen LogP contribution in [0.25, 0.3) is 0 Å². The minimum Gasteiger partial charge on any atom is -0.375 e. The highest BCUT2D eigenvalue weighted by Crippen LogP contribution is 2.47. The first-order valence-electron chi connectivity index (χ1n) is 7.89. The number of aromatic nitrogens is 1. The summed E-state index contributed by atoms with van der Waals surface area (Å²) in [6, 6.07) is 2.27. The molecule has 1 N–H and O–H groups in total. The fourth-order valence-corrected chi connectivity index (χ4v) is 2.99. The van der Waals surface area contributed by atoms with E-state index in [2.05, 4.69) is 51.2 Å². The van der Waals surface area contributed by atoms with Gasteiger partial charge in [-0.3, -0.25) is 4.79 Å². The minimum absolute atomic E-state index is 0.0168. The Morgan fingerprint density at radius 1 is 1.50 bits per heavy atom. The number of carbonyl (C=O) groups excluding carboxylic acids is 1. The summed E-state index contributed by atoms with van der Waals surface area (Å²) >= 11 is 0. The van der Waals surface area contributed by atoms with E-state index in [1.165, 1.54) is 7.11 Å². The molecule has 1 fully saturated rings. The lowest BCUT2D eigenvalue weighted by Gasteiger charge is -2.52. The Balaban J connectivity index is 1.93. The molecule has 0 aliphatic heterocycles. The van der Waals surface area contributed by atoms with Crippen molar-refractivity contribution < 1.29 is 14.1 Å². The minimum atomic E-state index is -0.0459. The summed E-state index contributed by atoms with van der Waals surface area (Å²) in [4.78, 5) is 11.6. The summed E-state index contributed by atoms with van der Waals surface area (Å²) in [6.07, 6.45) is 1.86. The van der Waals surface area contributed by atoms with Gasteiger partial charge in [0.15, 0.2) is 0 Å². The first-order chi connectivity index (χ1) is 10.1. The number of hydrogen-bond donors (Lipinski definition) is 1. The molecular weight excluding hydrogens is 280 g/mol. The maximum absolute atomic E-state index is 11.6. The van der Waals surface area contributed by atoms with Crippen molar-refractivity contribution in [2.24, 2.45) is 11.3 Å². The van der Waals surface area contributed by atoms with Gasteiger partial charge in [0.1, 0.15) is 12.4 Å². The van der Waals surface area contributed by atoms with E-state index in [0.717, 1.165) is 24.3 Å². The number of rotatable bonds is 5. The van der Waals surface area contributed by atoms with Crippen molar-refractivity contribution >= 4 is 5.91 Å². The quantitative estimate of drug-likeness (QED) is 0.908. The number of methoxy groups -OCH3 is 1. The first kappa shape index (κ1) is 17.0. The van der Waals surface area contributed by atoms with Crippen molar-refractivity contribution in [2.45, 2.75) is 58.9 Å². The molecule has 1 aliphatic rings. The van der Waals surface area contributed by atoms with Gasteiger partial charge >= 0.3 is 0 Å².